The van der Waals surface area contributed by atoms with Crippen LogP contribution in [0, 0.1) is 11.2 Å². The van der Waals surface area contributed by atoms with Crippen LogP contribution in [0.1, 0.15) is 46.1 Å². The first-order chi connectivity index (χ1) is 12.2. The number of carbonyl (C=O) groups is 2. The molecule has 5 nitrogen and oxygen atoms in total. The van der Waals surface area contributed by atoms with Crippen molar-refractivity contribution in [2.75, 3.05) is 19.7 Å². The Balaban J connectivity index is 1.62. The summed E-state index contributed by atoms with van der Waals surface area (Å²) in [6.45, 7) is 8.88. The van der Waals surface area contributed by atoms with Gasteiger partial charge < -0.3 is 14.4 Å². The van der Waals surface area contributed by atoms with Crippen LogP contribution in [-0.4, -0.2) is 42.6 Å². The van der Waals surface area contributed by atoms with Gasteiger partial charge in [0, 0.05) is 5.56 Å². The van der Waals surface area contributed by atoms with Gasteiger partial charge in [-0.05, 0) is 43.4 Å². The molecule has 1 saturated heterocycles. The van der Waals surface area contributed by atoms with E-state index in [0.29, 0.717) is 31.7 Å². The first-order valence-corrected chi connectivity index (χ1v) is 9.10. The molecule has 0 aromatic heterocycles. The second-order valence-corrected chi connectivity index (χ2v) is 8.14. The molecule has 1 amide bonds. The molecule has 26 heavy (non-hydrogen) atoms. The van der Waals surface area contributed by atoms with Crippen LogP contribution in [0.15, 0.2) is 18.2 Å². The topological polar surface area (TPSA) is 55.8 Å². The van der Waals surface area contributed by atoms with Crippen LogP contribution in [0.25, 0.3) is 0 Å². The lowest BCUT2D eigenvalue weighted by Gasteiger charge is -2.41. The van der Waals surface area contributed by atoms with Gasteiger partial charge in [0.25, 0.3) is 0 Å². The van der Waals surface area contributed by atoms with Gasteiger partial charge in [0.1, 0.15) is 23.1 Å². The summed E-state index contributed by atoms with van der Waals surface area (Å²) in [4.78, 5) is 26.3. The summed E-state index contributed by atoms with van der Waals surface area (Å²) in [6, 6.07) is 4.52. The molecule has 0 atom stereocenters. The van der Waals surface area contributed by atoms with Gasteiger partial charge in [-0.2, -0.15) is 0 Å². The van der Waals surface area contributed by atoms with Gasteiger partial charge in [0.2, 0.25) is 5.91 Å². The number of likely N-dealkylation sites (tertiary alicyclic amines) is 1. The molecule has 1 heterocycles. The van der Waals surface area contributed by atoms with Crippen molar-refractivity contribution in [3.05, 3.63) is 29.6 Å². The van der Waals surface area contributed by atoms with Crippen LogP contribution in [0.2, 0.25) is 0 Å². The highest BCUT2D eigenvalue weighted by molar-refractivity contribution is 6.05. The fraction of sp³-hybridized carbons (Fsp3) is 0.600. The maximum atomic E-state index is 13.6. The highest BCUT2D eigenvalue weighted by atomic mass is 19.1. The zero-order valence-corrected chi connectivity index (χ0v) is 15.8. The predicted octanol–water partition coefficient (Wildman–Crippen LogP) is 3.06. The number of ether oxygens (including phenoxy) is 2. The highest BCUT2D eigenvalue weighted by Gasteiger charge is 2.60. The minimum absolute atomic E-state index is 0.150. The van der Waals surface area contributed by atoms with Crippen molar-refractivity contribution in [3.8, 4) is 5.75 Å². The average molecular weight is 363 g/mol. The van der Waals surface area contributed by atoms with Crippen LogP contribution in [0.4, 0.5) is 4.39 Å². The zero-order chi connectivity index (χ0) is 19.1. The van der Waals surface area contributed by atoms with E-state index < -0.39 is 11.4 Å². The van der Waals surface area contributed by atoms with Crippen molar-refractivity contribution in [1.29, 1.82) is 0 Å². The quantitative estimate of drug-likeness (QED) is 0.596. The van der Waals surface area contributed by atoms with Crippen LogP contribution >= 0.6 is 0 Å². The van der Waals surface area contributed by atoms with Crippen molar-refractivity contribution in [2.24, 2.45) is 5.41 Å². The van der Waals surface area contributed by atoms with E-state index in [0.717, 1.165) is 5.56 Å². The third-order valence-electron chi connectivity index (χ3n) is 5.00. The molecule has 1 aromatic carbocycles. The maximum Gasteiger partial charge on any atom is 0.321 e. The summed E-state index contributed by atoms with van der Waals surface area (Å²) in [7, 11) is 0. The molecule has 0 spiro atoms. The Morgan fingerprint density at radius 2 is 1.92 bits per heavy atom. The summed E-state index contributed by atoms with van der Waals surface area (Å²) < 4.78 is 24.7. The Morgan fingerprint density at radius 1 is 1.27 bits per heavy atom. The molecule has 2 fully saturated rings. The van der Waals surface area contributed by atoms with Crippen molar-refractivity contribution in [1.82, 2.24) is 4.90 Å². The van der Waals surface area contributed by atoms with E-state index in [1.54, 1.807) is 17.9 Å². The number of hydrogen-bond donors (Lipinski definition) is 0. The number of rotatable bonds is 5. The van der Waals surface area contributed by atoms with Crippen molar-refractivity contribution in [2.45, 2.75) is 52.1 Å². The fourth-order valence-electron chi connectivity index (χ4n) is 3.25. The molecule has 3 rings (SSSR count). The predicted molar refractivity (Wildman–Crippen MR) is 94.4 cm³/mol. The largest absolute Gasteiger partial charge is 0.486 e. The van der Waals surface area contributed by atoms with Crippen LogP contribution in [-0.2, 0) is 19.7 Å². The van der Waals surface area contributed by atoms with E-state index in [4.69, 9.17) is 9.47 Å². The number of nitrogens with zero attached hydrogens (tertiary/aromatic N) is 1. The number of esters is 1. The Bertz CT molecular complexity index is 715. The Morgan fingerprint density at radius 3 is 2.46 bits per heavy atom. The summed E-state index contributed by atoms with van der Waals surface area (Å²) >= 11 is 0. The normalized spacial score (nSPS) is 18.9. The van der Waals surface area contributed by atoms with E-state index >= 15 is 0 Å². The molecule has 0 bridgehead atoms. The number of carbonyl (C=O) groups excluding carboxylic acids is 2. The lowest BCUT2D eigenvalue weighted by Crippen LogP contribution is -2.59. The van der Waals surface area contributed by atoms with Gasteiger partial charge in [0.15, 0.2) is 0 Å². The zero-order valence-electron chi connectivity index (χ0n) is 15.8. The van der Waals surface area contributed by atoms with Crippen molar-refractivity contribution >= 4 is 11.9 Å². The highest BCUT2D eigenvalue weighted by Crippen LogP contribution is 2.49. The Labute approximate surface area is 153 Å². The van der Waals surface area contributed by atoms with E-state index in [1.165, 1.54) is 12.1 Å². The first-order valence-electron chi connectivity index (χ1n) is 9.10. The molecule has 1 aliphatic heterocycles. The Hall–Kier alpha value is -2.11. The molecular weight excluding hydrogens is 337 g/mol. The molecule has 1 aliphatic carbocycles. The minimum atomic E-state index is -0.965. The molecule has 2 aliphatic rings. The maximum absolute atomic E-state index is 13.6. The van der Waals surface area contributed by atoms with Gasteiger partial charge in [-0.3, -0.25) is 9.59 Å². The Kier molecular flexibility index (Phi) is 4.71. The molecule has 1 aromatic rings. The summed E-state index contributed by atoms with van der Waals surface area (Å²) in [5, 5.41) is 0. The van der Waals surface area contributed by atoms with E-state index in [2.05, 4.69) is 0 Å². The summed E-state index contributed by atoms with van der Waals surface area (Å²) in [5.74, 6) is -0.228. The molecule has 0 radical (unpaired) electrons. The van der Waals surface area contributed by atoms with Gasteiger partial charge in [-0.15, -0.1) is 0 Å². The van der Waals surface area contributed by atoms with Crippen LogP contribution < -0.4 is 4.74 Å². The van der Waals surface area contributed by atoms with Crippen LogP contribution in [0.5, 0.6) is 5.75 Å². The number of amides is 1. The smallest absolute Gasteiger partial charge is 0.321 e. The molecule has 142 valence electrons. The molecule has 1 saturated carbocycles. The molecule has 6 heteroatoms. The summed E-state index contributed by atoms with van der Waals surface area (Å²) in [5.41, 5.74) is -0.418. The minimum Gasteiger partial charge on any atom is -0.486 e. The lowest BCUT2D eigenvalue weighted by atomic mass is 9.86. The van der Waals surface area contributed by atoms with Gasteiger partial charge in [0.05, 0.1) is 19.7 Å². The molecule has 0 N–H and O–H groups in total. The van der Waals surface area contributed by atoms with Gasteiger partial charge in [-0.1, -0.05) is 20.8 Å². The van der Waals surface area contributed by atoms with Crippen molar-refractivity contribution in [3.63, 3.8) is 0 Å². The van der Waals surface area contributed by atoms with Gasteiger partial charge in [-0.25, -0.2) is 4.39 Å². The number of benzene rings is 1. The average Bonchev–Trinajstić information content (AvgIpc) is 3.32. The second kappa shape index (κ2) is 6.56. The SMILES string of the molecule is CCOC(=O)C1(C(=O)N2CC(Oc3ccc(F)cc3C(C)(C)C)C2)CC1. The van der Waals surface area contributed by atoms with E-state index in [-0.39, 0.29) is 29.9 Å². The van der Waals surface area contributed by atoms with Gasteiger partial charge >= 0.3 is 5.97 Å². The third-order valence-corrected chi connectivity index (χ3v) is 5.00. The molecular formula is C20H26FNO4. The van der Waals surface area contributed by atoms with Crippen LogP contribution in [0.3, 0.4) is 0 Å². The fourth-order valence-corrected chi connectivity index (χ4v) is 3.25. The number of hydrogen-bond acceptors (Lipinski definition) is 4. The summed E-state index contributed by atoms with van der Waals surface area (Å²) in [6.07, 6.45) is 0.959. The molecule has 0 unspecified atom stereocenters. The van der Waals surface area contributed by atoms with Crippen molar-refractivity contribution < 1.29 is 23.5 Å². The van der Waals surface area contributed by atoms with E-state index in [9.17, 15) is 14.0 Å². The second-order valence-electron chi connectivity index (χ2n) is 8.14. The standard InChI is InChI=1S/C20H26FNO4/c1-5-25-18(24)20(8-9-20)17(23)22-11-14(12-22)26-16-7-6-13(21)10-15(16)19(2,3)4/h6-7,10,14H,5,8-9,11-12H2,1-4H3. The lowest BCUT2D eigenvalue weighted by molar-refractivity contribution is -0.161. The van der Waals surface area contributed by atoms with E-state index in [1.807, 2.05) is 20.8 Å². The third kappa shape index (κ3) is 3.41. The number of halogens is 1. The first kappa shape index (κ1) is 18.7. The monoisotopic (exact) mass is 363 g/mol.